The molecule has 1 fully saturated rings. The Kier molecular flexibility index (Phi) is 10.3. The SMILES string of the molecule is CCCCC1=NC2(CCCC2)C(=O)N1Cc1ccc(-c2ccccc2SN(COC)c2noc(C)c2C)c(COCC)c1. The lowest BCUT2D eigenvalue weighted by Gasteiger charge is -2.24. The van der Waals surface area contributed by atoms with Gasteiger partial charge in [-0.25, -0.2) is 0 Å². The van der Waals surface area contributed by atoms with Gasteiger partial charge in [-0.2, -0.15) is 0 Å². The summed E-state index contributed by atoms with van der Waals surface area (Å²) in [6.07, 6.45) is 6.86. The lowest BCUT2D eigenvalue weighted by molar-refractivity contribution is -0.131. The Morgan fingerprint density at radius 2 is 1.88 bits per heavy atom. The number of aliphatic imine (C=N–C) groups is 1. The van der Waals surface area contributed by atoms with E-state index in [-0.39, 0.29) is 5.91 Å². The number of carbonyl (C=O) groups is 1. The summed E-state index contributed by atoms with van der Waals surface area (Å²) in [7, 11) is 1.68. The Hall–Kier alpha value is -3.14. The molecule has 2 heterocycles. The number of hydrogen-bond donors (Lipinski definition) is 0. The Balaban J connectivity index is 1.46. The van der Waals surface area contributed by atoms with Gasteiger partial charge in [0.2, 0.25) is 0 Å². The normalized spacial score (nSPS) is 16.0. The Bertz CT molecular complexity index is 1450. The fourth-order valence-corrected chi connectivity index (χ4v) is 7.06. The zero-order chi connectivity index (χ0) is 30.4. The summed E-state index contributed by atoms with van der Waals surface area (Å²) in [4.78, 5) is 21.9. The zero-order valence-electron chi connectivity index (χ0n) is 26.1. The molecule has 0 N–H and O–H groups in total. The van der Waals surface area contributed by atoms with Crippen molar-refractivity contribution in [3.8, 4) is 11.1 Å². The molecular weight excluding hydrogens is 560 g/mol. The van der Waals surface area contributed by atoms with Crippen LogP contribution in [0.5, 0.6) is 0 Å². The largest absolute Gasteiger partial charge is 0.377 e. The van der Waals surface area contributed by atoms with Crippen molar-refractivity contribution in [3.63, 3.8) is 0 Å². The van der Waals surface area contributed by atoms with E-state index in [1.165, 1.54) is 0 Å². The third-order valence-electron chi connectivity index (χ3n) is 8.46. The summed E-state index contributed by atoms with van der Waals surface area (Å²) in [5.74, 6) is 2.69. The lowest BCUT2D eigenvalue weighted by Crippen LogP contribution is -2.40. The standard InChI is InChI=1S/C34H44N4O4S/c1-6-8-15-31-35-34(18-11-12-19-34)33(39)37(31)21-26-16-17-28(27(20-26)22-41-7-2)29-13-9-10-14-30(29)43-38(23-40-5)32-24(3)25(4)42-36-32/h9-10,13-14,16-17,20H,6-8,11-12,15,18-19,21-23H2,1-5H3. The van der Waals surface area contributed by atoms with Gasteiger partial charge in [0.25, 0.3) is 5.91 Å². The van der Waals surface area contributed by atoms with Crippen LogP contribution in [0.1, 0.15) is 81.2 Å². The number of aromatic nitrogens is 1. The smallest absolute Gasteiger partial charge is 0.256 e. The number of methoxy groups -OCH3 is 1. The molecule has 0 unspecified atom stereocenters. The van der Waals surface area contributed by atoms with E-state index in [0.29, 0.717) is 26.5 Å². The molecule has 2 aromatic carbocycles. The summed E-state index contributed by atoms with van der Waals surface area (Å²) >= 11 is 1.57. The van der Waals surface area contributed by atoms with Crippen molar-refractivity contribution in [1.29, 1.82) is 0 Å². The molecule has 2 aliphatic rings. The molecule has 5 rings (SSSR count). The van der Waals surface area contributed by atoms with Crippen LogP contribution in [-0.2, 0) is 27.4 Å². The second kappa shape index (κ2) is 14.1. The van der Waals surface area contributed by atoms with Crippen LogP contribution in [0.15, 0.2) is 56.9 Å². The van der Waals surface area contributed by atoms with Gasteiger partial charge in [0.05, 0.1) is 13.2 Å². The molecule has 0 atom stereocenters. The second-order valence-corrected chi connectivity index (χ2v) is 12.5. The van der Waals surface area contributed by atoms with E-state index in [4.69, 9.17) is 19.0 Å². The molecule has 1 aromatic heterocycles. The van der Waals surface area contributed by atoms with E-state index in [1.807, 2.05) is 36.0 Å². The van der Waals surface area contributed by atoms with Crippen molar-refractivity contribution in [2.75, 3.05) is 24.8 Å². The van der Waals surface area contributed by atoms with E-state index in [1.54, 1.807) is 19.1 Å². The highest BCUT2D eigenvalue weighted by Crippen LogP contribution is 2.41. The number of carbonyl (C=O) groups excluding carboxylic acids is 1. The number of rotatable bonds is 14. The molecule has 1 aliphatic carbocycles. The summed E-state index contributed by atoms with van der Waals surface area (Å²) in [6.45, 7) is 10.1. The molecule has 9 heteroatoms. The van der Waals surface area contributed by atoms with Crippen LogP contribution in [0.3, 0.4) is 0 Å². The Labute approximate surface area is 259 Å². The summed E-state index contributed by atoms with van der Waals surface area (Å²) < 4.78 is 19.0. The monoisotopic (exact) mass is 604 g/mol. The maximum Gasteiger partial charge on any atom is 0.256 e. The third-order valence-corrected chi connectivity index (χ3v) is 9.51. The molecule has 1 aliphatic heterocycles. The first-order valence-corrected chi connectivity index (χ1v) is 16.2. The van der Waals surface area contributed by atoms with Crippen molar-refractivity contribution < 1.29 is 18.8 Å². The van der Waals surface area contributed by atoms with Gasteiger partial charge in [-0.3, -0.25) is 19.0 Å². The topological polar surface area (TPSA) is 80.4 Å². The van der Waals surface area contributed by atoms with Gasteiger partial charge in [-0.05, 0) is 80.3 Å². The van der Waals surface area contributed by atoms with E-state index >= 15 is 0 Å². The lowest BCUT2D eigenvalue weighted by atomic mass is 9.96. The van der Waals surface area contributed by atoms with Gasteiger partial charge < -0.3 is 14.0 Å². The van der Waals surface area contributed by atoms with E-state index in [9.17, 15) is 4.79 Å². The summed E-state index contributed by atoms with van der Waals surface area (Å²) in [5, 5.41) is 4.30. The third kappa shape index (κ3) is 6.69. The number of anilines is 1. The minimum Gasteiger partial charge on any atom is -0.377 e. The van der Waals surface area contributed by atoms with Crippen LogP contribution in [0, 0.1) is 13.8 Å². The predicted octanol–water partition coefficient (Wildman–Crippen LogP) is 7.86. The molecule has 0 radical (unpaired) electrons. The highest BCUT2D eigenvalue weighted by Gasteiger charge is 2.49. The molecular formula is C34H44N4O4S. The number of amides is 1. The maximum atomic E-state index is 13.8. The van der Waals surface area contributed by atoms with Gasteiger partial charge in [0.15, 0.2) is 5.82 Å². The molecule has 0 bridgehead atoms. The van der Waals surface area contributed by atoms with Crippen LogP contribution in [-0.4, -0.2) is 47.8 Å². The molecule has 43 heavy (non-hydrogen) atoms. The number of benzene rings is 2. The van der Waals surface area contributed by atoms with Crippen LogP contribution < -0.4 is 4.31 Å². The highest BCUT2D eigenvalue weighted by atomic mass is 32.2. The quantitative estimate of drug-likeness (QED) is 0.137. The van der Waals surface area contributed by atoms with Crippen LogP contribution in [0.4, 0.5) is 5.82 Å². The second-order valence-electron chi connectivity index (χ2n) is 11.5. The van der Waals surface area contributed by atoms with Gasteiger partial charge in [-0.1, -0.05) is 67.7 Å². The molecule has 1 spiro atoms. The van der Waals surface area contributed by atoms with Crippen LogP contribution >= 0.6 is 11.9 Å². The minimum atomic E-state index is -0.526. The van der Waals surface area contributed by atoms with E-state index in [2.05, 4.69) is 48.5 Å². The van der Waals surface area contributed by atoms with Gasteiger partial charge in [-0.15, -0.1) is 0 Å². The van der Waals surface area contributed by atoms with Gasteiger partial charge >= 0.3 is 0 Å². The molecule has 230 valence electrons. The summed E-state index contributed by atoms with van der Waals surface area (Å²) in [6, 6.07) is 14.9. The predicted molar refractivity (Wildman–Crippen MR) is 172 cm³/mol. The van der Waals surface area contributed by atoms with Crippen LogP contribution in [0.2, 0.25) is 0 Å². The molecule has 1 amide bonds. The highest BCUT2D eigenvalue weighted by molar-refractivity contribution is 8.00. The Morgan fingerprint density at radius 1 is 1.09 bits per heavy atom. The average Bonchev–Trinajstić information content (AvgIpc) is 3.70. The molecule has 3 aromatic rings. The molecule has 8 nitrogen and oxygen atoms in total. The van der Waals surface area contributed by atoms with Crippen molar-refractivity contribution >= 4 is 29.5 Å². The zero-order valence-corrected chi connectivity index (χ0v) is 27.0. The Morgan fingerprint density at radius 3 is 2.58 bits per heavy atom. The summed E-state index contributed by atoms with van der Waals surface area (Å²) in [5.41, 5.74) is 4.84. The number of unbranched alkanes of at least 4 members (excludes halogenated alkanes) is 1. The first-order valence-electron chi connectivity index (χ1n) is 15.5. The van der Waals surface area contributed by atoms with E-state index in [0.717, 1.165) is 95.1 Å². The first kappa shape index (κ1) is 31.3. The van der Waals surface area contributed by atoms with Crippen molar-refractivity contribution in [1.82, 2.24) is 10.1 Å². The molecule has 1 saturated carbocycles. The number of ether oxygens (including phenoxy) is 2. The fraction of sp³-hybridized carbons (Fsp3) is 0.500. The van der Waals surface area contributed by atoms with Gasteiger partial charge in [0.1, 0.15) is 23.9 Å². The average molecular weight is 605 g/mol. The number of hydrogen-bond acceptors (Lipinski definition) is 8. The van der Waals surface area contributed by atoms with E-state index < -0.39 is 5.54 Å². The number of amidine groups is 1. The van der Waals surface area contributed by atoms with Crippen molar-refractivity contribution in [3.05, 3.63) is 64.9 Å². The minimum absolute atomic E-state index is 0.185. The maximum absolute atomic E-state index is 13.8. The number of aryl methyl sites for hydroxylation is 1. The van der Waals surface area contributed by atoms with Crippen LogP contribution in [0.25, 0.3) is 11.1 Å². The van der Waals surface area contributed by atoms with Gasteiger partial charge in [0, 0.05) is 30.6 Å². The first-order chi connectivity index (χ1) is 20.9. The van der Waals surface area contributed by atoms with Crippen molar-refractivity contribution in [2.24, 2.45) is 4.99 Å². The molecule has 0 saturated heterocycles. The number of nitrogens with zero attached hydrogens (tertiary/aromatic N) is 4. The fourth-order valence-electron chi connectivity index (χ4n) is 5.99. The van der Waals surface area contributed by atoms with Crippen molar-refractivity contribution in [2.45, 2.75) is 96.2 Å².